The molecule has 178 valence electrons. The molecule has 2 aromatic heterocycles. The number of likely N-dealkylation sites (N-methyl/N-ethyl adjacent to an activating group) is 1. The van der Waals surface area contributed by atoms with Crippen LogP contribution in [-0.4, -0.2) is 40.2 Å². The molecule has 0 atom stereocenters. The fraction of sp³-hybridized carbons (Fsp3) is 0.130. The molecule has 1 aliphatic rings. The molecular weight excluding hydrogens is 487 g/mol. The number of amides is 2. The van der Waals surface area contributed by atoms with E-state index >= 15 is 0 Å². The standard InChI is InChI=1S/C23H15ClF3N5O3/c1-31-18-9-12(8-15(24)20(18)35-11-19(31)33)30-22(34)14-10-29-32(21(14)23(25,26)27)17-6-2-5-16-13(17)4-3-7-28-16/h2-10H,11H2,1H3,(H,30,34). The Labute approximate surface area is 200 Å². The van der Waals surface area contributed by atoms with Crippen molar-refractivity contribution in [1.82, 2.24) is 14.8 Å². The number of carbonyl (C=O) groups excluding carboxylic acids is 2. The van der Waals surface area contributed by atoms with Gasteiger partial charge in [-0.25, -0.2) is 4.68 Å². The van der Waals surface area contributed by atoms with Gasteiger partial charge in [-0.15, -0.1) is 0 Å². The highest BCUT2D eigenvalue weighted by Crippen LogP contribution is 2.41. The van der Waals surface area contributed by atoms with Crippen LogP contribution in [0.2, 0.25) is 5.02 Å². The van der Waals surface area contributed by atoms with Gasteiger partial charge >= 0.3 is 6.18 Å². The molecular formula is C23H15ClF3N5O3. The Morgan fingerprint density at radius 1 is 1.17 bits per heavy atom. The Hall–Kier alpha value is -4.12. The minimum atomic E-state index is -4.90. The van der Waals surface area contributed by atoms with E-state index in [0.717, 1.165) is 6.20 Å². The molecule has 0 saturated heterocycles. The average Bonchev–Trinajstić information content (AvgIpc) is 3.27. The molecule has 0 fully saturated rings. The molecule has 0 saturated carbocycles. The van der Waals surface area contributed by atoms with Crippen molar-refractivity contribution in [2.24, 2.45) is 0 Å². The highest BCUT2D eigenvalue weighted by molar-refractivity contribution is 6.33. The van der Waals surface area contributed by atoms with Gasteiger partial charge in [0.1, 0.15) is 0 Å². The quantitative estimate of drug-likeness (QED) is 0.439. The smallest absolute Gasteiger partial charge is 0.434 e. The molecule has 0 aliphatic carbocycles. The topological polar surface area (TPSA) is 89.4 Å². The summed E-state index contributed by atoms with van der Waals surface area (Å²) in [5.74, 6) is -1.16. The van der Waals surface area contributed by atoms with Crippen molar-refractivity contribution in [1.29, 1.82) is 0 Å². The largest absolute Gasteiger partial charge is 0.480 e. The monoisotopic (exact) mass is 501 g/mol. The van der Waals surface area contributed by atoms with Crippen LogP contribution in [0.4, 0.5) is 24.5 Å². The molecule has 0 radical (unpaired) electrons. The van der Waals surface area contributed by atoms with Crippen LogP contribution in [0.25, 0.3) is 16.6 Å². The van der Waals surface area contributed by atoms with Crippen LogP contribution in [-0.2, 0) is 11.0 Å². The molecule has 1 aliphatic heterocycles. The molecule has 3 heterocycles. The second kappa shape index (κ2) is 8.27. The fourth-order valence-electron chi connectivity index (χ4n) is 3.85. The molecule has 8 nitrogen and oxygen atoms in total. The molecule has 0 bridgehead atoms. The summed E-state index contributed by atoms with van der Waals surface area (Å²) in [5, 5.41) is 6.83. The molecule has 0 unspecified atom stereocenters. The van der Waals surface area contributed by atoms with Gasteiger partial charge in [0, 0.05) is 24.3 Å². The highest BCUT2D eigenvalue weighted by Gasteiger charge is 2.41. The first-order valence-electron chi connectivity index (χ1n) is 10.2. The number of nitrogens with zero attached hydrogens (tertiary/aromatic N) is 4. The number of benzene rings is 2. The Kier molecular flexibility index (Phi) is 5.36. The van der Waals surface area contributed by atoms with Gasteiger partial charge in [-0.05, 0) is 36.4 Å². The first kappa shape index (κ1) is 22.7. The normalized spacial score (nSPS) is 13.5. The Morgan fingerprint density at radius 2 is 1.97 bits per heavy atom. The Morgan fingerprint density at radius 3 is 2.74 bits per heavy atom. The van der Waals surface area contributed by atoms with Crippen LogP contribution >= 0.6 is 11.6 Å². The van der Waals surface area contributed by atoms with Gasteiger partial charge in [-0.3, -0.25) is 14.6 Å². The first-order valence-corrected chi connectivity index (χ1v) is 10.6. The number of ether oxygens (including phenoxy) is 1. The van der Waals surface area contributed by atoms with Gasteiger partial charge in [0.15, 0.2) is 18.1 Å². The van der Waals surface area contributed by atoms with E-state index in [1.807, 2.05) is 0 Å². The number of aromatic nitrogens is 3. The van der Waals surface area contributed by atoms with Crippen LogP contribution in [0.3, 0.4) is 0 Å². The van der Waals surface area contributed by atoms with Crippen LogP contribution in [0.15, 0.2) is 54.9 Å². The Bertz CT molecular complexity index is 1500. The molecule has 12 heteroatoms. The average molecular weight is 502 g/mol. The number of nitrogens with one attached hydrogen (secondary N) is 1. The first-order chi connectivity index (χ1) is 16.6. The zero-order chi connectivity index (χ0) is 24.9. The van der Waals surface area contributed by atoms with Crippen molar-refractivity contribution < 1.29 is 27.5 Å². The van der Waals surface area contributed by atoms with Crippen molar-refractivity contribution in [3.8, 4) is 11.4 Å². The lowest BCUT2D eigenvalue weighted by Gasteiger charge is -2.27. The number of alkyl halides is 3. The van der Waals surface area contributed by atoms with Crippen molar-refractivity contribution in [2.75, 3.05) is 23.9 Å². The molecule has 0 spiro atoms. The third-order valence-corrected chi connectivity index (χ3v) is 5.77. The van der Waals surface area contributed by atoms with E-state index in [4.69, 9.17) is 16.3 Å². The van der Waals surface area contributed by atoms with E-state index in [9.17, 15) is 22.8 Å². The number of anilines is 2. The molecule has 5 rings (SSSR count). The van der Waals surface area contributed by atoms with Crippen LogP contribution in [0.1, 0.15) is 16.1 Å². The number of rotatable bonds is 3. The summed E-state index contributed by atoms with van der Waals surface area (Å²) < 4.78 is 48.5. The lowest BCUT2D eigenvalue weighted by Crippen LogP contribution is -2.35. The third-order valence-electron chi connectivity index (χ3n) is 5.49. The predicted molar refractivity (Wildman–Crippen MR) is 122 cm³/mol. The fourth-order valence-corrected chi connectivity index (χ4v) is 4.12. The van der Waals surface area contributed by atoms with Crippen LogP contribution in [0, 0.1) is 0 Å². The van der Waals surface area contributed by atoms with Gasteiger partial charge in [0.05, 0.1) is 33.7 Å². The lowest BCUT2D eigenvalue weighted by atomic mass is 10.1. The zero-order valence-electron chi connectivity index (χ0n) is 17.9. The minimum absolute atomic E-state index is 0.0825. The van der Waals surface area contributed by atoms with Crippen LogP contribution in [0.5, 0.6) is 5.75 Å². The van der Waals surface area contributed by atoms with Crippen molar-refractivity contribution in [2.45, 2.75) is 6.18 Å². The zero-order valence-corrected chi connectivity index (χ0v) is 18.7. The lowest BCUT2D eigenvalue weighted by molar-refractivity contribution is -0.143. The van der Waals surface area contributed by atoms with Crippen molar-refractivity contribution in [3.05, 3.63) is 71.1 Å². The van der Waals surface area contributed by atoms with Gasteiger partial charge in [0.2, 0.25) is 0 Å². The number of hydrogen-bond donors (Lipinski definition) is 1. The maximum Gasteiger partial charge on any atom is 0.434 e. The molecule has 4 aromatic rings. The Balaban J connectivity index is 1.56. The van der Waals surface area contributed by atoms with Gasteiger partial charge in [-0.1, -0.05) is 17.7 Å². The SMILES string of the molecule is CN1C(=O)COc2c(Cl)cc(NC(=O)c3cnn(-c4cccc5ncccc45)c3C(F)(F)F)cc21. The number of fused-ring (bicyclic) bond motifs is 2. The molecule has 1 N–H and O–H groups in total. The summed E-state index contributed by atoms with van der Waals surface area (Å²) in [5.41, 5.74) is -0.975. The predicted octanol–water partition coefficient (Wildman–Crippen LogP) is 4.70. The van der Waals surface area contributed by atoms with E-state index in [2.05, 4.69) is 15.4 Å². The summed E-state index contributed by atoms with van der Waals surface area (Å²) >= 11 is 6.22. The number of halogens is 4. The van der Waals surface area contributed by atoms with E-state index in [-0.39, 0.29) is 40.3 Å². The molecule has 2 amide bonds. The maximum absolute atomic E-state index is 14.2. The van der Waals surface area contributed by atoms with Gasteiger partial charge < -0.3 is 15.0 Å². The van der Waals surface area contributed by atoms with E-state index in [1.165, 1.54) is 36.3 Å². The second-order valence-corrected chi connectivity index (χ2v) is 8.07. The summed E-state index contributed by atoms with van der Waals surface area (Å²) in [7, 11) is 1.50. The summed E-state index contributed by atoms with van der Waals surface area (Å²) in [6.07, 6.45) is -2.52. The number of hydrogen-bond acceptors (Lipinski definition) is 5. The highest BCUT2D eigenvalue weighted by atomic mass is 35.5. The minimum Gasteiger partial charge on any atom is -0.480 e. The van der Waals surface area contributed by atoms with E-state index in [1.54, 1.807) is 24.3 Å². The van der Waals surface area contributed by atoms with Gasteiger partial charge in [0.25, 0.3) is 11.8 Å². The van der Waals surface area contributed by atoms with Crippen LogP contribution < -0.4 is 15.0 Å². The number of pyridine rings is 1. The molecule has 35 heavy (non-hydrogen) atoms. The summed E-state index contributed by atoms with van der Waals surface area (Å²) in [6, 6.07) is 10.6. The van der Waals surface area contributed by atoms with E-state index < -0.39 is 23.3 Å². The van der Waals surface area contributed by atoms with Crippen molar-refractivity contribution >= 4 is 45.7 Å². The summed E-state index contributed by atoms with van der Waals surface area (Å²) in [6.45, 7) is -0.202. The van der Waals surface area contributed by atoms with Crippen molar-refractivity contribution in [3.63, 3.8) is 0 Å². The van der Waals surface area contributed by atoms with E-state index in [0.29, 0.717) is 15.6 Å². The molecule has 2 aromatic carbocycles. The maximum atomic E-state index is 14.2. The summed E-state index contributed by atoms with van der Waals surface area (Å²) in [4.78, 5) is 30.4. The van der Waals surface area contributed by atoms with Gasteiger partial charge in [-0.2, -0.15) is 18.3 Å². The number of carbonyl (C=O) groups is 2. The second-order valence-electron chi connectivity index (χ2n) is 7.67. The third kappa shape index (κ3) is 3.93.